The highest BCUT2D eigenvalue weighted by Crippen LogP contribution is 2.12. The highest BCUT2D eigenvalue weighted by atomic mass is 35.5. The molecule has 0 amide bonds. The number of hydrogen-bond acceptors (Lipinski definition) is 5. The van der Waals surface area contributed by atoms with E-state index < -0.39 is 5.69 Å². The smallest absolute Gasteiger partial charge is 0.353 e. The maximum atomic E-state index is 11.7. The lowest BCUT2D eigenvalue weighted by Crippen LogP contribution is -2.41. The fourth-order valence-corrected chi connectivity index (χ4v) is 1.83. The second-order valence-corrected chi connectivity index (χ2v) is 3.91. The van der Waals surface area contributed by atoms with Crippen LogP contribution in [0.15, 0.2) is 17.4 Å². The maximum absolute atomic E-state index is 11.7. The van der Waals surface area contributed by atoms with E-state index >= 15 is 0 Å². The number of hydrogen-bond donors (Lipinski definition) is 0. The topological polar surface area (TPSA) is 60.2 Å². The summed E-state index contributed by atoms with van der Waals surface area (Å²) in [6.45, 7) is 6.58. The minimum atomic E-state index is -0.411. The van der Waals surface area contributed by atoms with Crippen molar-refractivity contribution >= 4 is 17.5 Å². The zero-order valence-corrected chi connectivity index (χ0v) is 10.1. The van der Waals surface area contributed by atoms with Crippen LogP contribution in [0, 0.1) is 0 Å². The third kappa shape index (κ3) is 2.65. The van der Waals surface area contributed by atoms with Gasteiger partial charge in [-0.2, -0.15) is 9.97 Å². The van der Waals surface area contributed by atoms with E-state index in [-0.39, 0.29) is 5.28 Å². The lowest BCUT2D eigenvalue weighted by molar-refractivity contribution is 0.121. The van der Waals surface area contributed by atoms with Crippen LogP contribution < -0.4 is 10.6 Å². The van der Waals surface area contributed by atoms with Crippen LogP contribution in [0.3, 0.4) is 0 Å². The Morgan fingerprint density at radius 1 is 1.41 bits per heavy atom. The van der Waals surface area contributed by atoms with Gasteiger partial charge in [0.2, 0.25) is 11.2 Å². The van der Waals surface area contributed by atoms with Gasteiger partial charge in [0.05, 0.1) is 13.2 Å². The van der Waals surface area contributed by atoms with Crippen molar-refractivity contribution < 1.29 is 4.74 Å². The zero-order valence-electron chi connectivity index (χ0n) is 9.30. The maximum Gasteiger partial charge on any atom is 0.353 e. The number of morpholine rings is 1. The quantitative estimate of drug-likeness (QED) is 0.729. The molecule has 17 heavy (non-hydrogen) atoms. The van der Waals surface area contributed by atoms with E-state index in [1.54, 1.807) is 6.08 Å². The molecule has 2 heterocycles. The van der Waals surface area contributed by atoms with Gasteiger partial charge < -0.3 is 9.64 Å². The van der Waals surface area contributed by atoms with Crippen molar-refractivity contribution in [2.45, 2.75) is 6.54 Å². The Morgan fingerprint density at radius 2 is 2.12 bits per heavy atom. The SMILES string of the molecule is C=CCn1c(N2CCOCC2)nc(Cl)nc1=O. The van der Waals surface area contributed by atoms with Gasteiger partial charge in [-0.1, -0.05) is 6.08 Å². The number of nitrogens with zero attached hydrogens (tertiary/aromatic N) is 4. The molecule has 0 radical (unpaired) electrons. The lowest BCUT2D eigenvalue weighted by atomic mass is 10.4. The van der Waals surface area contributed by atoms with Gasteiger partial charge in [0.25, 0.3) is 0 Å². The molecule has 0 aliphatic carbocycles. The molecular formula is C10H13ClN4O2. The van der Waals surface area contributed by atoms with Crippen LogP contribution in [0.4, 0.5) is 5.95 Å². The second kappa shape index (κ2) is 5.29. The number of rotatable bonds is 3. The molecule has 0 saturated carbocycles. The molecular weight excluding hydrogens is 244 g/mol. The Hall–Kier alpha value is -1.40. The van der Waals surface area contributed by atoms with Crippen molar-refractivity contribution in [1.29, 1.82) is 0 Å². The number of aromatic nitrogens is 3. The van der Waals surface area contributed by atoms with E-state index in [2.05, 4.69) is 16.5 Å². The van der Waals surface area contributed by atoms with Crippen LogP contribution in [0.2, 0.25) is 5.28 Å². The van der Waals surface area contributed by atoms with Crippen LogP contribution >= 0.6 is 11.6 Å². The Labute approximate surface area is 103 Å². The molecule has 0 atom stereocenters. The molecule has 1 aromatic heterocycles. The summed E-state index contributed by atoms with van der Waals surface area (Å²) in [5, 5.41) is -0.0307. The van der Waals surface area contributed by atoms with Gasteiger partial charge in [-0.3, -0.25) is 4.57 Å². The minimum Gasteiger partial charge on any atom is -0.378 e. The van der Waals surface area contributed by atoms with Gasteiger partial charge in [-0.25, -0.2) is 4.79 Å². The number of allylic oxidation sites excluding steroid dienone is 1. The van der Waals surface area contributed by atoms with Crippen molar-refractivity contribution in [1.82, 2.24) is 14.5 Å². The molecule has 6 nitrogen and oxygen atoms in total. The largest absolute Gasteiger partial charge is 0.378 e. The number of ether oxygens (including phenoxy) is 1. The van der Waals surface area contributed by atoms with Crippen molar-refractivity contribution in [2.24, 2.45) is 0 Å². The Kier molecular flexibility index (Phi) is 3.75. The normalized spacial score (nSPS) is 15.9. The third-order valence-electron chi connectivity index (χ3n) is 2.46. The Bertz CT molecular complexity index is 468. The summed E-state index contributed by atoms with van der Waals surface area (Å²) < 4.78 is 6.70. The highest BCUT2D eigenvalue weighted by molar-refractivity contribution is 6.28. The molecule has 7 heteroatoms. The summed E-state index contributed by atoms with van der Waals surface area (Å²) >= 11 is 5.72. The van der Waals surface area contributed by atoms with Gasteiger partial charge >= 0.3 is 5.69 Å². The molecule has 1 aliphatic heterocycles. The van der Waals surface area contributed by atoms with E-state index in [4.69, 9.17) is 16.3 Å². The molecule has 2 rings (SSSR count). The third-order valence-corrected chi connectivity index (χ3v) is 2.63. The van der Waals surface area contributed by atoms with Gasteiger partial charge in [0.15, 0.2) is 0 Å². The van der Waals surface area contributed by atoms with Crippen LogP contribution in [0.25, 0.3) is 0 Å². The number of anilines is 1. The first-order valence-corrected chi connectivity index (χ1v) is 5.68. The molecule has 0 spiro atoms. The summed E-state index contributed by atoms with van der Waals surface area (Å²) in [5.41, 5.74) is -0.411. The van der Waals surface area contributed by atoms with Crippen LogP contribution in [-0.4, -0.2) is 40.8 Å². The summed E-state index contributed by atoms with van der Waals surface area (Å²) in [7, 11) is 0. The minimum absolute atomic E-state index is 0.0307. The fraction of sp³-hybridized carbons (Fsp3) is 0.500. The predicted molar refractivity (Wildman–Crippen MR) is 64.5 cm³/mol. The average Bonchev–Trinajstić information content (AvgIpc) is 2.33. The van der Waals surface area contributed by atoms with Gasteiger partial charge in [-0.05, 0) is 11.6 Å². The van der Waals surface area contributed by atoms with Crippen LogP contribution in [0.5, 0.6) is 0 Å². The van der Waals surface area contributed by atoms with E-state index in [0.717, 1.165) is 0 Å². The summed E-state index contributed by atoms with van der Waals surface area (Å²) in [5.74, 6) is 0.526. The van der Waals surface area contributed by atoms with E-state index in [1.165, 1.54) is 4.57 Å². The van der Waals surface area contributed by atoms with Gasteiger partial charge in [0.1, 0.15) is 0 Å². The standard InChI is InChI=1S/C10H13ClN4O2/c1-2-3-15-9(12-8(11)13-10(15)16)14-4-6-17-7-5-14/h2H,1,3-7H2. The monoisotopic (exact) mass is 256 g/mol. The molecule has 92 valence electrons. The second-order valence-electron chi connectivity index (χ2n) is 3.57. The summed E-state index contributed by atoms with van der Waals surface area (Å²) in [6.07, 6.45) is 1.63. The van der Waals surface area contributed by atoms with Crippen molar-refractivity contribution in [3.63, 3.8) is 0 Å². The van der Waals surface area contributed by atoms with Crippen LogP contribution in [-0.2, 0) is 11.3 Å². The van der Waals surface area contributed by atoms with E-state index in [1.807, 2.05) is 4.90 Å². The summed E-state index contributed by atoms with van der Waals surface area (Å²) in [4.78, 5) is 21.4. The molecule has 1 aromatic rings. The highest BCUT2D eigenvalue weighted by Gasteiger charge is 2.18. The first-order valence-electron chi connectivity index (χ1n) is 5.30. The number of halogens is 1. The molecule has 1 aliphatic rings. The van der Waals surface area contributed by atoms with Crippen molar-refractivity contribution in [3.8, 4) is 0 Å². The molecule has 1 fully saturated rings. The average molecular weight is 257 g/mol. The first-order chi connectivity index (χ1) is 8.22. The predicted octanol–water partition coefficient (Wildman–Crippen LogP) is 0.314. The Morgan fingerprint density at radius 3 is 2.76 bits per heavy atom. The van der Waals surface area contributed by atoms with Crippen LogP contribution in [0.1, 0.15) is 0 Å². The summed E-state index contributed by atoms with van der Waals surface area (Å²) in [6, 6.07) is 0. The fourth-order valence-electron chi connectivity index (χ4n) is 1.69. The van der Waals surface area contributed by atoms with Gasteiger partial charge in [-0.15, -0.1) is 6.58 Å². The molecule has 0 N–H and O–H groups in total. The molecule has 0 bridgehead atoms. The molecule has 0 aromatic carbocycles. The first kappa shape index (κ1) is 12.1. The van der Waals surface area contributed by atoms with Crippen molar-refractivity contribution in [2.75, 3.05) is 31.2 Å². The molecule has 1 saturated heterocycles. The van der Waals surface area contributed by atoms with E-state index in [9.17, 15) is 4.79 Å². The molecule has 0 unspecified atom stereocenters. The zero-order chi connectivity index (χ0) is 12.3. The Balaban J connectivity index is 2.41. The van der Waals surface area contributed by atoms with Crippen molar-refractivity contribution in [3.05, 3.63) is 28.4 Å². The lowest BCUT2D eigenvalue weighted by Gasteiger charge is -2.29. The van der Waals surface area contributed by atoms with E-state index in [0.29, 0.717) is 38.8 Å². The van der Waals surface area contributed by atoms with Gasteiger partial charge in [0, 0.05) is 19.6 Å².